The molecule has 6 aliphatic rings. The Balaban J connectivity index is 0.000000213. The smallest absolute Gasteiger partial charge is 0.269 e. The van der Waals surface area contributed by atoms with E-state index in [1.807, 2.05) is 12.1 Å². The van der Waals surface area contributed by atoms with E-state index in [1.54, 1.807) is 12.1 Å². The SMILES string of the molecule is C=C1CC[C@H]2[C@H](CN)[C@@H]([C@@]3(C)CC[C@H](O)C[C@@H]3CO)CC[C@]12C.C=C1CC[C@H]2[C@H](CNCc3ccc([N+](=O)[O-])cc3)[C@@H]([C@@]3(C)CC[C@H](O)C[C@@H]3CO)CC[C@]12C.CO.O=Cc1ccc([N+](=O)[O-])cc1. The minimum atomic E-state index is -0.505. The molecule has 6 fully saturated rings. The second kappa shape index (κ2) is 24.0. The van der Waals surface area contributed by atoms with Crippen LogP contribution < -0.4 is 11.1 Å². The summed E-state index contributed by atoms with van der Waals surface area (Å²) < 4.78 is 0. The quantitative estimate of drug-likeness (QED) is 0.0456. The maximum atomic E-state index is 10.9. The number of aliphatic hydroxyl groups is 5. The highest BCUT2D eigenvalue weighted by atomic mass is 16.6. The number of rotatable bonds is 12. The van der Waals surface area contributed by atoms with Crippen LogP contribution in [0.1, 0.15) is 134 Å². The molecule has 6 aliphatic carbocycles. The first kappa shape index (κ1) is 56.0. The van der Waals surface area contributed by atoms with Gasteiger partial charge >= 0.3 is 0 Å². The van der Waals surface area contributed by atoms with Crippen LogP contribution in [0.2, 0.25) is 0 Å². The van der Waals surface area contributed by atoms with Gasteiger partial charge in [-0.3, -0.25) is 25.0 Å². The van der Waals surface area contributed by atoms with Gasteiger partial charge in [-0.15, -0.1) is 0 Å². The Labute approximate surface area is 410 Å². The number of nitro groups is 2. The Kier molecular flexibility index (Phi) is 19.5. The van der Waals surface area contributed by atoms with Crippen molar-refractivity contribution in [3.63, 3.8) is 0 Å². The summed E-state index contributed by atoms with van der Waals surface area (Å²) in [5.41, 5.74) is 11.3. The normalized spacial score (nSPS) is 37.0. The van der Waals surface area contributed by atoms with Crippen molar-refractivity contribution in [3.05, 3.63) is 104 Å². The highest BCUT2D eigenvalue weighted by molar-refractivity contribution is 5.75. The van der Waals surface area contributed by atoms with Gasteiger partial charge in [-0.05, 0) is 190 Å². The fraction of sp³-hybridized carbons (Fsp3) is 0.691. The van der Waals surface area contributed by atoms with Gasteiger partial charge in [0.25, 0.3) is 11.4 Å². The summed E-state index contributed by atoms with van der Waals surface area (Å²) in [6.07, 6.45) is 14.6. The van der Waals surface area contributed by atoms with Crippen molar-refractivity contribution in [1.82, 2.24) is 5.32 Å². The molecular weight excluding hydrogens is 877 g/mol. The molecule has 0 unspecified atom stereocenters. The molecule has 0 radical (unpaired) electrons. The zero-order chi connectivity index (χ0) is 50.9. The van der Waals surface area contributed by atoms with Gasteiger partial charge in [0.1, 0.15) is 6.29 Å². The molecule has 8 N–H and O–H groups in total. The number of non-ortho nitro benzene ring substituents is 2. The van der Waals surface area contributed by atoms with Crippen LogP contribution in [-0.2, 0) is 6.54 Å². The average Bonchev–Trinajstić information content (AvgIpc) is 3.83. The largest absolute Gasteiger partial charge is 0.400 e. The molecule has 14 heteroatoms. The molecule has 0 amide bonds. The zero-order valence-electron chi connectivity index (χ0n) is 42.1. The molecule has 0 aliphatic heterocycles. The first-order chi connectivity index (χ1) is 32.8. The number of nitrogens with two attached hydrogens (primary N) is 1. The molecule has 14 nitrogen and oxygen atoms in total. The van der Waals surface area contributed by atoms with Crippen molar-refractivity contribution in [2.24, 2.45) is 74.7 Å². The van der Waals surface area contributed by atoms with Crippen LogP contribution in [0.5, 0.6) is 0 Å². The molecule has 0 spiro atoms. The molecule has 0 saturated heterocycles. The van der Waals surface area contributed by atoms with E-state index in [0.717, 1.165) is 83.6 Å². The number of aliphatic hydroxyl groups excluding tert-OH is 5. The highest BCUT2D eigenvalue weighted by Crippen LogP contribution is 2.65. The molecule has 6 saturated carbocycles. The number of allylic oxidation sites excluding steroid dienone is 2. The van der Waals surface area contributed by atoms with Crippen LogP contribution in [0, 0.1) is 89.2 Å². The topological polar surface area (TPSA) is 243 Å². The number of hydrogen-bond acceptors (Lipinski definition) is 12. The maximum absolute atomic E-state index is 10.9. The number of carbonyl (C=O) groups is 1. The molecule has 2 aromatic rings. The minimum absolute atomic E-state index is 0.00407. The molecule has 0 aromatic heterocycles. The summed E-state index contributed by atoms with van der Waals surface area (Å²) in [5, 5.41) is 72.2. The van der Waals surface area contributed by atoms with Gasteiger partial charge in [-0.1, -0.05) is 64.1 Å². The van der Waals surface area contributed by atoms with E-state index >= 15 is 0 Å². The molecule has 0 bridgehead atoms. The Morgan fingerprint density at radius 1 is 0.667 bits per heavy atom. The Bertz CT molecular complexity index is 2050. The number of nitrogens with one attached hydrogen (secondary N) is 1. The number of hydrogen-bond donors (Lipinski definition) is 7. The lowest BCUT2D eigenvalue weighted by Gasteiger charge is -2.56. The van der Waals surface area contributed by atoms with E-state index in [9.17, 15) is 45.4 Å². The van der Waals surface area contributed by atoms with Gasteiger partial charge < -0.3 is 36.6 Å². The summed E-state index contributed by atoms with van der Waals surface area (Å²) >= 11 is 0. The Morgan fingerprint density at radius 3 is 1.49 bits per heavy atom. The number of benzene rings is 2. The van der Waals surface area contributed by atoms with E-state index < -0.39 is 4.92 Å². The summed E-state index contributed by atoms with van der Waals surface area (Å²) in [5.74, 6) is 3.66. The van der Waals surface area contributed by atoms with Gasteiger partial charge in [-0.2, -0.15) is 0 Å². The maximum Gasteiger partial charge on any atom is 0.269 e. The average molecular weight is 961 g/mol. The van der Waals surface area contributed by atoms with Crippen molar-refractivity contribution in [3.8, 4) is 0 Å². The highest BCUT2D eigenvalue weighted by Gasteiger charge is 2.58. The molecule has 14 atom stereocenters. The molecule has 2 aromatic carbocycles. The number of carbonyl (C=O) groups excluding carboxylic acids is 1. The lowest BCUT2D eigenvalue weighted by Crippen LogP contribution is -2.53. The van der Waals surface area contributed by atoms with E-state index in [2.05, 4.69) is 46.2 Å². The van der Waals surface area contributed by atoms with Gasteiger partial charge in [0.2, 0.25) is 0 Å². The van der Waals surface area contributed by atoms with Crippen molar-refractivity contribution in [2.75, 3.05) is 33.4 Å². The summed E-state index contributed by atoms with van der Waals surface area (Å²) in [6.45, 7) is 21.0. The first-order valence-corrected chi connectivity index (χ1v) is 25.5. The molecular formula is C55H84N4O10. The number of aldehydes is 1. The summed E-state index contributed by atoms with van der Waals surface area (Å²) in [4.78, 5) is 30.3. The van der Waals surface area contributed by atoms with Crippen LogP contribution >= 0.6 is 0 Å². The summed E-state index contributed by atoms with van der Waals surface area (Å²) in [7, 11) is 1.00. The van der Waals surface area contributed by atoms with Crippen molar-refractivity contribution in [1.29, 1.82) is 0 Å². The van der Waals surface area contributed by atoms with Crippen LogP contribution in [0.15, 0.2) is 72.8 Å². The number of nitrogens with zero attached hydrogens (tertiary/aromatic N) is 2. The standard InChI is InChI=1S/C27H40N2O4.C20H35NO2.C7H5NO3.CH4O/c1-18-4-9-24-23(16-28-15-19-5-7-21(8-6-19)29(32)33)25(11-13-26(18,24)2)27(3)12-10-22(31)14-20(27)17-30;1-13-4-5-17-16(11-21)18(7-9-19(13,17)2)20(3)8-6-15(23)10-14(20)12-22;9-5-6-1-3-7(4-2-6)8(10)11;1-2/h5-8,20,22-25,28,30-31H,1,4,9-17H2,2-3H3;14-18,22-23H,1,4-12,21H2,2-3H3;1-5H;2H,1H3/t20-,22+,23+,24+,25+,26-,27+;14-,15+,16+,17+,18+,19-,20+;;/m11../s1. The number of nitro benzene ring substituents is 2. The van der Waals surface area contributed by atoms with Crippen molar-refractivity contribution in [2.45, 2.75) is 136 Å². The fourth-order valence-electron chi connectivity index (χ4n) is 14.8. The van der Waals surface area contributed by atoms with E-state index in [4.69, 9.17) is 10.8 Å². The van der Waals surface area contributed by atoms with Gasteiger partial charge in [-0.25, -0.2) is 0 Å². The van der Waals surface area contributed by atoms with E-state index in [1.165, 1.54) is 61.1 Å². The van der Waals surface area contributed by atoms with Crippen LogP contribution in [0.4, 0.5) is 11.4 Å². The minimum Gasteiger partial charge on any atom is -0.400 e. The van der Waals surface area contributed by atoms with E-state index in [0.29, 0.717) is 60.3 Å². The van der Waals surface area contributed by atoms with Crippen molar-refractivity contribution >= 4 is 17.7 Å². The van der Waals surface area contributed by atoms with Gasteiger partial charge in [0, 0.05) is 56.7 Å². The van der Waals surface area contributed by atoms with Gasteiger partial charge in [0.05, 0.1) is 22.1 Å². The lowest BCUT2D eigenvalue weighted by molar-refractivity contribution is -0.385. The first-order valence-electron chi connectivity index (χ1n) is 25.5. The third-order valence-corrected chi connectivity index (χ3v) is 19.3. The predicted octanol–water partition coefficient (Wildman–Crippen LogP) is 8.96. The molecule has 384 valence electrons. The van der Waals surface area contributed by atoms with Crippen LogP contribution in [-0.4, -0.2) is 87.3 Å². The number of fused-ring (bicyclic) bond motifs is 2. The Hall–Kier alpha value is -3.89. The summed E-state index contributed by atoms with van der Waals surface area (Å²) in [6, 6.07) is 12.2. The fourth-order valence-corrected chi connectivity index (χ4v) is 14.8. The second-order valence-corrected chi connectivity index (χ2v) is 22.3. The monoisotopic (exact) mass is 961 g/mol. The molecule has 69 heavy (non-hydrogen) atoms. The molecule has 0 heterocycles. The Morgan fingerprint density at radius 2 is 1.09 bits per heavy atom. The van der Waals surface area contributed by atoms with Crippen LogP contribution in [0.25, 0.3) is 0 Å². The van der Waals surface area contributed by atoms with Crippen LogP contribution in [0.3, 0.4) is 0 Å². The third-order valence-electron chi connectivity index (χ3n) is 19.3. The van der Waals surface area contributed by atoms with Crippen molar-refractivity contribution < 1.29 is 40.2 Å². The second-order valence-electron chi connectivity index (χ2n) is 22.3. The third kappa shape index (κ3) is 11.9. The van der Waals surface area contributed by atoms with Gasteiger partial charge in [0.15, 0.2) is 0 Å². The van der Waals surface area contributed by atoms with E-state index in [-0.39, 0.29) is 75.2 Å². The lowest BCUT2D eigenvalue weighted by atomic mass is 9.49. The zero-order valence-corrected chi connectivity index (χ0v) is 42.1. The predicted molar refractivity (Wildman–Crippen MR) is 270 cm³/mol. The molecule has 8 rings (SSSR count).